The lowest BCUT2D eigenvalue weighted by atomic mass is 10.0. The van der Waals surface area contributed by atoms with Gasteiger partial charge in [0.25, 0.3) is 0 Å². The van der Waals surface area contributed by atoms with Gasteiger partial charge in [0, 0.05) is 19.3 Å². The highest BCUT2D eigenvalue weighted by Crippen LogP contribution is 2.13. The molecule has 6 heteroatoms. The Bertz CT molecular complexity index is 1220. The van der Waals surface area contributed by atoms with E-state index in [9.17, 15) is 14.4 Å². The van der Waals surface area contributed by atoms with Crippen LogP contribution >= 0.6 is 0 Å². The molecular formula is C53H86O6. The maximum atomic E-state index is 12.7. The van der Waals surface area contributed by atoms with Gasteiger partial charge < -0.3 is 14.2 Å². The van der Waals surface area contributed by atoms with Crippen molar-refractivity contribution in [3.63, 3.8) is 0 Å². The number of unbranched alkanes of at least 4 members (excludes halogenated alkanes) is 14. The average molecular weight is 819 g/mol. The molecule has 1 unspecified atom stereocenters. The Morgan fingerprint density at radius 1 is 0.356 bits per heavy atom. The molecule has 59 heavy (non-hydrogen) atoms. The topological polar surface area (TPSA) is 78.9 Å². The van der Waals surface area contributed by atoms with Crippen molar-refractivity contribution in [3.05, 3.63) is 97.2 Å². The van der Waals surface area contributed by atoms with Crippen LogP contribution in [0.1, 0.15) is 201 Å². The van der Waals surface area contributed by atoms with E-state index in [1.54, 1.807) is 0 Å². The van der Waals surface area contributed by atoms with E-state index in [1.807, 2.05) is 0 Å². The molecule has 0 amide bonds. The monoisotopic (exact) mass is 819 g/mol. The summed E-state index contributed by atoms with van der Waals surface area (Å²) in [5, 5.41) is 0. The van der Waals surface area contributed by atoms with Crippen molar-refractivity contribution in [3.8, 4) is 0 Å². The summed E-state index contributed by atoms with van der Waals surface area (Å²) in [5.74, 6) is -1.02. The summed E-state index contributed by atoms with van der Waals surface area (Å²) >= 11 is 0. The number of carbonyl (C=O) groups excluding carboxylic acids is 3. The molecule has 0 heterocycles. The lowest BCUT2D eigenvalue weighted by Crippen LogP contribution is -2.30. The fourth-order valence-electron chi connectivity index (χ4n) is 6.08. The third kappa shape index (κ3) is 45.3. The highest BCUT2D eigenvalue weighted by Gasteiger charge is 2.19. The summed E-state index contributed by atoms with van der Waals surface area (Å²) in [6.07, 6.45) is 61.1. The van der Waals surface area contributed by atoms with Gasteiger partial charge in [0.15, 0.2) is 6.10 Å². The summed E-state index contributed by atoms with van der Waals surface area (Å²) in [6, 6.07) is 0. The van der Waals surface area contributed by atoms with Gasteiger partial charge >= 0.3 is 17.9 Å². The van der Waals surface area contributed by atoms with E-state index in [-0.39, 0.29) is 44.0 Å². The molecule has 0 aliphatic carbocycles. The molecular weight excluding hydrogens is 733 g/mol. The second-order valence-corrected chi connectivity index (χ2v) is 15.3. The first kappa shape index (κ1) is 55.3. The van der Waals surface area contributed by atoms with Crippen molar-refractivity contribution in [1.29, 1.82) is 0 Å². The fraction of sp³-hybridized carbons (Fsp3) is 0.642. The van der Waals surface area contributed by atoms with Gasteiger partial charge in [-0.2, -0.15) is 0 Å². The van der Waals surface area contributed by atoms with Crippen LogP contribution in [0.2, 0.25) is 0 Å². The van der Waals surface area contributed by atoms with E-state index in [0.717, 1.165) is 89.9 Å². The molecule has 0 fully saturated rings. The molecule has 0 bridgehead atoms. The summed E-state index contributed by atoms with van der Waals surface area (Å²) < 4.78 is 16.6. The molecule has 0 N–H and O–H groups in total. The van der Waals surface area contributed by atoms with Crippen molar-refractivity contribution in [2.24, 2.45) is 0 Å². The third-order valence-electron chi connectivity index (χ3n) is 9.58. The molecule has 0 radical (unpaired) electrons. The predicted octanol–water partition coefficient (Wildman–Crippen LogP) is 15.4. The Labute approximate surface area is 362 Å². The third-order valence-corrected chi connectivity index (χ3v) is 9.58. The van der Waals surface area contributed by atoms with Crippen LogP contribution in [0.4, 0.5) is 0 Å². The minimum absolute atomic E-state index is 0.110. The van der Waals surface area contributed by atoms with Gasteiger partial charge in [-0.1, -0.05) is 189 Å². The highest BCUT2D eigenvalue weighted by molar-refractivity contribution is 5.71. The zero-order valence-corrected chi connectivity index (χ0v) is 38.0. The van der Waals surface area contributed by atoms with Crippen molar-refractivity contribution in [2.75, 3.05) is 13.2 Å². The molecule has 0 aliphatic rings. The standard InChI is InChI=1S/C53H86O6/c1-4-7-10-13-16-19-22-25-26-27-28-29-32-34-37-40-43-46-52(55)58-49-50(59-53(56)47-44-41-38-35-31-24-21-18-15-12-9-6-3)48-57-51(54)45-42-39-36-33-30-23-20-17-14-11-8-5-2/h7,9-10,12,16,18-19,21,25-26,28-29,31,34-35,37,50H,4-6,8,11,13-15,17,20,22-24,27,30,32-33,36,38-49H2,1-3H3/b10-7-,12-9-,19-16-,21-18-,26-25-,29-28-,35-31-,37-34-. The molecule has 6 nitrogen and oxygen atoms in total. The van der Waals surface area contributed by atoms with E-state index >= 15 is 0 Å². The highest BCUT2D eigenvalue weighted by atomic mass is 16.6. The van der Waals surface area contributed by atoms with Crippen LogP contribution in [0, 0.1) is 0 Å². The van der Waals surface area contributed by atoms with E-state index < -0.39 is 6.10 Å². The molecule has 0 saturated carbocycles. The maximum absolute atomic E-state index is 12.7. The summed E-state index contributed by atoms with van der Waals surface area (Å²) in [4.78, 5) is 37.8. The van der Waals surface area contributed by atoms with E-state index in [2.05, 4.69) is 118 Å². The van der Waals surface area contributed by atoms with E-state index in [0.29, 0.717) is 19.3 Å². The van der Waals surface area contributed by atoms with Crippen molar-refractivity contribution in [2.45, 2.75) is 207 Å². The van der Waals surface area contributed by atoms with Crippen molar-refractivity contribution >= 4 is 17.9 Å². The quantitative estimate of drug-likeness (QED) is 0.0265. The molecule has 0 spiro atoms. The Morgan fingerprint density at radius 2 is 0.678 bits per heavy atom. The molecule has 0 saturated heterocycles. The smallest absolute Gasteiger partial charge is 0.306 e. The maximum Gasteiger partial charge on any atom is 0.306 e. The number of esters is 3. The van der Waals surface area contributed by atoms with Crippen LogP contribution in [-0.4, -0.2) is 37.2 Å². The molecule has 0 aromatic rings. The molecule has 1 atom stereocenters. The predicted molar refractivity (Wildman–Crippen MR) is 251 cm³/mol. The summed E-state index contributed by atoms with van der Waals surface area (Å²) in [7, 11) is 0. The van der Waals surface area contributed by atoms with Crippen LogP contribution in [0.5, 0.6) is 0 Å². The zero-order valence-electron chi connectivity index (χ0n) is 38.0. The van der Waals surface area contributed by atoms with Gasteiger partial charge in [-0.05, 0) is 89.9 Å². The van der Waals surface area contributed by atoms with Crippen LogP contribution < -0.4 is 0 Å². The molecule has 0 rings (SSSR count). The van der Waals surface area contributed by atoms with E-state index in [4.69, 9.17) is 14.2 Å². The first-order valence-corrected chi connectivity index (χ1v) is 23.7. The van der Waals surface area contributed by atoms with Gasteiger partial charge in [-0.15, -0.1) is 0 Å². The number of carbonyl (C=O) groups is 3. The van der Waals surface area contributed by atoms with Gasteiger partial charge in [0.05, 0.1) is 0 Å². The minimum atomic E-state index is -0.817. The first-order valence-electron chi connectivity index (χ1n) is 23.7. The molecule has 0 aromatic heterocycles. The second kappa shape index (κ2) is 47.0. The fourth-order valence-corrected chi connectivity index (χ4v) is 6.08. The number of rotatable bonds is 41. The Morgan fingerprint density at radius 3 is 1.10 bits per heavy atom. The van der Waals surface area contributed by atoms with E-state index in [1.165, 1.54) is 57.8 Å². The lowest BCUT2D eigenvalue weighted by Gasteiger charge is -2.18. The summed E-state index contributed by atoms with van der Waals surface area (Å²) in [6.45, 7) is 6.30. The number of hydrogen-bond acceptors (Lipinski definition) is 6. The number of hydrogen-bond donors (Lipinski definition) is 0. The van der Waals surface area contributed by atoms with Crippen LogP contribution in [0.25, 0.3) is 0 Å². The van der Waals surface area contributed by atoms with Crippen LogP contribution in [0.3, 0.4) is 0 Å². The van der Waals surface area contributed by atoms with Crippen molar-refractivity contribution < 1.29 is 28.6 Å². The zero-order chi connectivity index (χ0) is 43.0. The molecule has 0 aromatic carbocycles. The Balaban J connectivity index is 4.52. The Hall–Kier alpha value is -3.67. The lowest BCUT2D eigenvalue weighted by molar-refractivity contribution is -0.167. The van der Waals surface area contributed by atoms with Gasteiger partial charge in [0.1, 0.15) is 13.2 Å². The minimum Gasteiger partial charge on any atom is -0.462 e. The first-order chi connectivity index (χ1) is 29.0. The largest absolute Gasteiger partial charge is 0.462 e. The number of allylic oxidation sites excluding steroid dienone is 16. The van der Waals surface area contributed by atoms with Crippen LogP contribution in [-0.2, 0) is 28.6 Å². The van der Waals surface area contributed by atoms with Gasteiger partial charge in [-0.25, -0.2) is 0 Å². The SMILES string of the molecule is CC/C=C\C/C=C\C/C=C\C/C=C\C/C=C\CCCC(=O)OCC(COC(=O)CCCCCCCCCCCCCC)OC(=O)CCCC/C=C\C/C=C\C/C=C\CC. The number of ether oxygens (including phenoxy) is 3. The normalized spacial score (nSPS) is 12.9. The van der Waals surface area contributed by atoms with Gasteiger partial charge in [0.2, 0.25) is 0 Å². The average Bonchev–Trinajstić information content (AvgIpc) is 3.23. The Kier molecular flexibility index (Phi) is 44.1. The van der Waals surface area contributed by atoms with Crippen molar-refractivity contribution in [1.82, 2.24) is 0 Å². The van der Waals surface area contributed by atoms with Crippen LogP contribution in [0.15, 0.2) is 97.2 Å². The van der Waals surface area contributed by atoms with Gasteiger partial charge in [-0.3, -0.25) is 14.4 Å². The molecule has 334 valence electrons. The second-order valence-electron chi connectivity index (χ2n) is 15.3. The summed E-state index contributed by atoms with van der Waals surface area (Å²) in [5.41, 5.74) is 0. The molecule has 0 aliphatic heterocycles.